The van der Waals surface area contributed by atoms with E-state index in [0.717, 1.165) is 36.9 Å². The van der Waals surface area contributed by atoms with Crippen molar-refractivity contribution in [3.05, 3.63) is 72.3 Å². The number of likely N-dealkylation sites (tertiary alicyclic amines) is 1. The van der Waals surface area contributed by atoms with Gasteiger partial charge in [0.25, 0.3) is 5.91 Å². The molecule has 1 N–H and O–H groups in total. The van der Waals surface area contributed by atoms with Gasteiger partial charge in [-0.3, -0.25) is 14.9 Å². The number of hydrogen-bond donors (Lipinski definition) is 1. The van der Waals surface area contributed by atoms with Crippen LogP contribution in [0.2, 0.25) is 0 Å². The number of nitrogens with one attached hydrogen (secondary N) is 1. The van der Waals surface area contributed by atoms with Crippen molar-refractivity contribution in [2.45, 2.75) is 31.5 Å². The predicted octanol–water partition coefficient (Wildman–Crippen LogP) is 5.05. The average molecular weight is 456 g/mol. The Morgan fingerprint density at radius 2 is 1.91 bits per heavy atom. The van der Waals surface area contributed by atoms with E-state index in [2.05, 4.69) is 16.9 Å². The zero-order chi connectivity index (χ0) is 23.6. The van der Waals surface area contributed by atoms with Gasteiger partial charge in [-0.2, -0.15) is 13.2 Å². The Kier molecular flexibility index (Phi) is 6.22. The van der Waals surface area contributed by atoms with E-state index in [0.29, 0.717) is 18.6 Å². The van der Waals surface area contributed by atoms with E-state index in [1.807, 2.05) is 22.8 Å². The highest BCUT2D eigenvalue weighted by Gasteiger charge is 2.31. The molecule has 33 heavy (non-hydrogen) atoms. The largest absolute Gasteiger partial charge is 0.416 e. The summed E-state index contributed by atoms with van der Waals surface area (Å²) in [6, 6.07) is 11.4. The number of carbonyl (C=O) groups excluding carboxylic acids is 2. The SMILES string of the molecule is C=CC(=O)N1CCCC[C@@H](n2c(NC(=O)c3cccc(C(F)(F)F)c3)nc3ccccc32)C1. The molecular formula is C24H23F3N4O2. The normalized spacial score (nSPS) is 16.9. The number of anilines is 1. The standard InChI is InChI=1S/C24H23F3N4O2/c1-2-21(32)30-13-6-5-10-18(15-30)31-20-12-4-3-11-19(20)28-23(31)29-22(33)16-8-7-9-17(14-16)24(25,26)27/h2-4,7-9,11-12,14,18H,1,5-6,10,13,15H2,(H,28,29,33)/t18-/m1/s1. The first-order valence-corrected chi connectivity index (χ1v) is 10.6. The van der Waals surface area contributed by atoms with E-state index in [4.69, 9.17) is 0 Å². The molecule has 1 atom stereocenters. The number of benzene rings is 2. The zero-order valence-corrected chi connectivity index (χ0v) is 17.8. The topological polar surface area (TPSA) is 67.2 Å². The first kappa shape index (κ1) is 22.6. The van der Waals surface area contributed by atoms with Crippen molar-refractivity contribution in [1.82, 2.24) is 14.5 Å². The molecular weight excluding hydrogens is 433 g/mol. The molecule has 4 rings (SSSR count). The minimum Gasteiger partial charge on any atom is -0.337 e. The molecule has 1 aliphatic heterocycles. The van der Waals surface area contributed by atoms with Crippen molar-refractivity contribution in [1.29, 1.82) is 0 Å². The van der Waals surface area contributed by atoms with Gasteiger partial charge in [-0.05, 0) is 55.7 Å². The van der Waals surface area contributed by atoms with Crippen LogP contribution in [-0.4, -0.2) is 39.4 Å². The zero-order valence-electron chi connectivity index (χ0n) is 17.8. The lowest BCUT2D eigenvalue weighted by molar-refractivity contribution is -0.137. The average Bonchev–Trinajstić information content (AvgIpc) is 2.98. The number of hydrogen-bond acceptors (Lipinski definition) is 3. The van der Waals surface area contributed by atoms with Crippen LogP contribution in [0.1, 0.15) is 41.2 Å². The molecule has 0 unspecified atom stereocenters. The molecule has 2 amide bonds. The molecule has 0 radical (unpaired) electrons. The fraction of sp³-hybridized carbons (Fsp3) is 0.292. The van der Waals surface area contributed by atoms with Gasteiger partial charge in [0.05, 0.1) is 22.6 Å². The van der Waals surface area contributed by atoms with Crippen molar-refractivity contribution < 1.29 is 22.8 Å². The van der Waals surface area contributed by atoms with E-state index in [1.165, 1.54) is 18.2 Å². The Morgan fingerprint density at radius 3 is 2.67 bits per heavy atom. The van der Waals surface area contributed by atoms with Crippen LogP contribution in [0.4, 0.5) is 19.1 Å². The summed E-state index contributed by atoms with van der Waals surface area (Å²) in [5, 5.41) is 2.69. The number of nitrogens with zero attached hydrogens (tertiary/aromatic N) is 3. The molecule has 0 aliphatic carbocycles. The Balaban J connectivity index is 1.70. The van der Waals surface area contributed by atoms with E-state index < -0.39 is 17.6 Å². The van der Waals surface area contributed by atoms with Gasteiger partial charge in [-0.25, -0.2) is 4.98 Å². The first-order valence-electron chi connectivity index (χ1n) is 10.6. The third kappa shape index (κ3) is 4.76. The Morgan fingerprint density at radius 1 is 1.12 bits per heavy atom. The molecule has 0 spiro atoms. The number of aromatic nitrogens is 2. The van der Waals surface area contributed by atoms with Crippen LogP contribution in [-0.2, 0) is 11.0 Å². The number of carbonyl (C=O) groups is 2. The minimum absolute atomic E-state index is 0.118. The molecule has 2 aromatic carbocycles. The van der Waals surface area contributed by atoms with E-state index >= 15 is 0 Å². The summed E-state index contributed by atoms with van der Waals surface area (Å²) in [4.78, 5) is 31.4. The van der Waals surface area contributed by atoms with Gasteiger partial charge in [-0.1, -0.05) is 24.8 Å². The second-order valence-corrected chi connectivity index (χ2v) is 7.96. The highest BCUT2D eigenvalue weighted by Crippen LogP contribution is 2.32. The number of imidazole rings is 1. The van der Waals surface area contributed by atoms with Gasteiger partial charge >= 0.3 is 6.18 Å². The van der Waals surface area contributed by atoms with Crippen LogP contribution in [0.3, 0.4) is 0 Å². The van der Waals surface area contributed by atoms with Gasteiger partial charge in [0, 0.05) is 18.7 Å². The smallest absolute Gasteiger partial charge is 0.337 e. The summed E-state index contributed by atoms with van der Waals surface area (Å²) in [6.07, 6.45) is -0.795. The summed E-state index contributed by atoms with van der Waals surface area (Å²) in [5.41, 5.74) is 0.399. The van der Waals surface area contributed by atoms with Gasteiger partial charge in [-0.15, -0.1) is 0 Å². The Bertz CT molecular complexity index is 1200. The van der Waals surface area contributed by atoms with E-state index in [9.17, 15) is 22.8 Å². The number of fused-ring (bicyclic) bond motifs is 1. The monoisotopic (exact) mass is 456 g/mol. The second-order valence-electron chi connectivity index (χ2n) is 7.96. The molecule has 6 nitrogen and oxygen atoms in total. The number of rotatable bonds is 4. The lowest BCUT2D eigenvalue weighted by Crippen LogP contribution is -2.34. The number of halogens is 3. The Labute approximate surface area is 188 Å². The molecule has 1 aromatic heterocycles. The second kappa shape index (κ2) is 9.09. The van der Waals surface area contributed by atoms with Crippen molar-refractivity contribution in [2.75, 3.05) is 18.4 Å². The minimum atomic E-state index is -4.55. The molecule has 1 saturated heterocycles. The van der Waals surface area contributed by atoms with Crippen molar-refractivity contribution >= 4 is 28.8 Å². The molecule has 1 fully saturated rings. The van der Waals surface area contributed by atoms with Crippen LogP contribution in [0.5, 0.6) is 0 Å². The van der Waals surface area contributed by atoms with Gasteiger partial charge < -0.3 is 9.47 Å². The van der Waals surface area contributed by atoms with E-state index in [1.54, 1.807) is 11.0 Å². The van der Waals surface area contributed by atoms with Crippen LogP contribution >= 0.6 is 0 Å². The van der Waals surface area contributed by atoms with Crippen LogP contribution in [0.25, 0.3) is 11.0 Å². The maximum atomic E-state index is 13.1. The van der Waals surface area contributed by atoms with Gasteiger partial charge in [0.15, 0.2) is 0 Å². The third-order valence-corrected chi connectivity index (χ3v) is 5.77. The highest BCUT2D eigenvalue weighted by atomic mass is 19.4. The molecule has 9 heteroatoms. The predicted molar refractivity (Wildman–Crippen MR) is 119 cm³/mol. The molecule has 0 bridgehead atoms. The number of alkyl halides is 3. The van der Waals surface area contributed by atoms with Crippen LogP contribution in [0, 0.1) is 0 Å². The summed E-state index contributed by atoms with van der Waals surface area (Å²) in [5.74, 6) is -0.623. The maximum absolute atomic E-state index is 13.1. The van der Waals surface area contributed by atoms with Crippen LogP contribution < -0.4 is 5.32 Å². The van der Waals surface area contributed by atoms with Crippen LogP contribution in [0.15, 0.2) is 61.2 Å². The summed E-state index contributed by atoms with van der Waals surface area (Å²) in [7, 11) is 0. The van der Waals surface area contributed by atoms with E-state index in [-0.39, 0.29) is 23.5 Å². The fourth-order valence-electron chi connectivity index (χ4n) is 4.17. The third-order valence-electron chi connectivity index (χ3n) is 5.77. The van der Waals surface area contributed by atoms with Crippen molar-refractivity contribution in [2.24, 2.45) is 0 Å². The molecule has 172 valence electrons. The van der Waals surface area contributed by atoms with Gasteiger partial charge in [0.2, 0.25) is 11.9 Å². The lowest BCUT2D eigenvalue weighted by Gasteiger charge is -2.26. The summed E-state index contributed by atoms with van der Waals surface area (Å²) < 4.78 is 41.1. The molecule has 0 saturated carbocycles. The summed E-state index contributed by atoms with van der Waals surface area (Å²) in [6.45, 7) is 4.60. The number of amides is 2. The molecule has 3 aromatic rings. The molecule has 1 aliphatic rings. The summed E-state index contributed by atoms with van der Waals surface area (Å²) >= 11 is 0. The Hall–Kier alpha value is -3.62. The maximum Gasteiger partial charge on any atom is 0.416 e. The van der Waals surface area contributed by atoms with Crippen molar-refractivity contribution in [3.8, 4) is 0 Å². The first-order chi connectivity index (χ1) is 15.8. The number of para-hydroxylation sites is 2. The molecule has 2 heterocycles. The lowest BCUT2D eigenvalue weighted by atomic mass is 10.1. The quantitative estimate of drug-likeness (QED) is 0.559. The highest BCUT2D eigenvalue weighted by molar-refractivity contribution is 6.04. The van der Waals surface area contributed by atoms with Crippen molar-refractivity contribution in [3.63, 3.8) is 0 Å². The fourth-order valence-corrected chi connectivity index (χ4v) is 4.17. The van der Waals surface area contributed by atoms with Gasteiger partial charge in [0.1, 0.15) is 0 Å².